The summed E-state index contributed by atoms with van der Waals surface area (Å²) in [6.07, 6.45) is 2.95. The molecule has 1 saturated heterocycles. The summed E-state index contributed by atoms with van der Waals surface area (Å²) in [6, 6.07) is 21.8. The number of ketones is 1. The van der Waals surface area contributed by atoms with Crippen molar-refractivity contribution in [3.8, 4) is 0 Å². The largest absolute Gasteiger partial charge is 0.507 e. The summed E-state index contributed by atoms with van der Waals surface area (Å²) in [6.45, 7) is 0. The SMILES string of the molecule is O=C1C(=O)N(c2nnc(SCc3cccc4ccccc34)s2)C(c2ccc(F)cc2)/C1=C(\O)c1ccncc1. The van der Waals surface area contributed by atoms with E-state index in [2.05, 4.69) is 39.4 Å². The third kappa shape index (κ3) is 4.68. The monoisotopic (exact) mass is 554 g/mol. The molecule has 3 heterocycles. The minimum Gasteiger partial charge on any atom is -0.507 e. The first-order chi connectivity index (χ1) is 19.0. The van der Waals surface area contributed by atoms with E-state index < -0.39 is 23.5 Å². The van der Waals surface area contributed by atoms with Gasteiger partial charge in [0.1, 0.15) is 11.6 Å². The lowest BCUT2D eigenvalue weighted by Crippen LogP contribution is -2.29. The van der Waals surface area contributed by atoms with Crippen molar-refractivity contribution in [2.45, 2.75) is 16.1 Å². The average molecular weight is 555 g/mol. The molecule has 5 aromatic rings. The molecule has 1 fully saturated rings. The number of anilines is 1. The van der Waals surface area contributed by atoms with Gasteiger partial charge in [-0.1, -0.05) is 77.7 Å². The highest BCUT2D eigenvalue weighted by molar-refractivity contribution is 8.00. The highest BCUT2D eigenvalue weighted by Crippen LogP contribution is 2.44. The second kappa shape index (κ2) is 10.4. The number of aliphatic hydroxyl groups is 1. The molecule has 10 heteroatoms. The number of aliphatic hydroxyl groups excluding tert-OH is 1. The third-order valence-electron chi connectivity index (χ3n) is 6.42. The zero-order valence-electron chi connectivity index (χ0n) is 20.2. The Morgan fingerprint density at radius 3 is 2.49 bits per heavy atom. The number of thioether (sulfide) groups is 1. The lowest BCUT2D eigenvalue weighted by Gasteiger charge is -2.22. The first-order valence-corrected chi connectivity index (χ1v) is 13.7. The van der Waals surface area contributed by atoms with E-state index in [9.17, 15) is 19.1 Å². The minimum atomic E-state index is -1.01. The summed E-state index contributed by atoms with van der Waals surface area (Å²) >= 11 is 2.65. The first-order valence-electron chi connectivity index (χ1n) is 11.9. The predicted octanol–water partition coefficient (Wildman–Crippen LogP) is 6.14. The standard InChI is InChI=1S/C29H19FN4O3S2/c30-21-10-8-18(9-11-21)24-23(25(35)19-12-14-31-15-13-19)26(36)27(37)34(24)28-32-33-29(39-28)38-16-20-6-3-5-17-4-1-2-7-22(17)20/h1-15,24,35H,16H2/b25-23+. The Labute approximate surface area is 230 Å². The van der Waals surface area contributed by atoms with Crippen LogP contribution in [-0.2, 0) is 15.3 Å². The number of carbonyl (C=O) groups is 2. The van der Waals surface area contributed by atoms with Crippen molar-refractivity contribution >= 4 is 56.5 Å². The van der Waals surface area contributed by atoms with Crippen molar-refractivity contribution in [2.24, 2.45) is 0 Å². The molecule has 6 rings (SSSR count). The van der Waals surface area contributed by atoms with Gasteiger partial charge in [0, 0.05) is 23.7 Å². The number of rotatable bonds is 6. The van der Waals surface area contributed by atoms with Gasteiger partial charge in [-0.15, -0.1) is 10.2 Å². The molecule has 0 bridgehead atoms. The van der Waals surface area contributed by atoms with Crippen molar-refractivity contribution in [2.75, 3.05) is 4.90 Å². The van der Waals surface area contributed by atoms with E-state index in [0.717, 1.165) is 16.3 Å². The van der Waals surface area contributed by atoms with Crippen molar-refractivity contribution < 1.29 is 19.1 Å². The van der Waals surface area contributed by atoms with Crippen LogP contribution in [0.15, 0.2) is 101 Å². The topological polar surface area (TPSA) is 96.3 Å². The van der Waals surface area contributed by atoms with Crippen LogP contribution >= 0.6 is 23.1 Å². The summed E-state index contributed by atoms with van der Waals surface area (Å²) in [5.74, 6) is -1.88. The van der Waals surface area contributed by atoms with Crippen LogP contribution < -0.4 is 4.90 Å². The number of Topliss-reactive ketones (excluding diaryl/α,β-unsaturated/α-hetero) is 1. The van der Waals surface area contributed by atoms with Gasteiger partial charge >= 0.3 is 5.91 Å². The lowest BCUT2D eigenvalue weighted by molar-refractivity contribution is -0.132. The normalized spacial score (nSPS) is 16.7. The molecule has 7 nitrogen and oxygen atoms in total. The van der Waals surface area contributed by atoms with Crippen LogP contribution in [0.3, 0.4) is 0 Å². The maximum Gasteiger partial charge on any atom is 0.301 e. The summed E-state index contributed by atoms with van der Waals surface area (Å²) in [7, 11) is 0. The van der Waals surface area contributed by atoms with E-state index >= 15 is 0 Å². The molecule has 39 heavy (non-hydrogen) atoms. The number of aromatic nitrogens is 3. The van der Waals surface area contributed by atoms with Crippen molar-refractivity contribution in [3.05, 3.63) is 119 Å². The number of benzene rings is 3. The van der Waals surface area contributed by atoms with Crippen LogP contribution in [0.2, 0.25) is 0 Å². The Kier molecular flexibility index (Phi) is 6.64. The van der Waals surface area contributed by atoms with E-state index in [1.54, 1.807) is 0 Å². The third-order valence-corrected chi connectivity index (χ3v) is 8.52. The second-order valence-corrected chi connectivity index (χ2v) is 10.9. The molecule has 192 valence electrons. The van der Waals surface area contributed by atoms with Crippen molar-refractivity contribution in [1.29, 1.82) is 0 Å². The number of fused-ring (bicyclic) bond motifs is 1. The molecule has 3 aromatic carbocycles. The predicted molar refractivity (Wildman–Crippen MR) is 149 cm³/mol. The van der Waals surface area contributed by atoms with Gasteiger partial charge in [-0.05, 0) is 46.2 Å². The molecule has 0 saturated carbocycles. The average Bonchev–Trinajstić information content (AvgIpc) is 3.54. The van der Waals surface area contributed by atoms with Crippen LogP contribution in [0.5, 0.6) is 0 Å². The number of halogens is 1. The van der Waals surface area contributed by atoms with Gasteiger partial charge in [0.05, 0.1) is 11.6 Å². The fraction of sp³-hybridized carbons (Fsp3) is 0.0690. The van der Waals surface area contributed by atoms with Gasteiger partial charge < -0.3 is 5.11 Å². The number of pyridine rings is 1. The summed E-state index contributed by atoms with van der Waals surface area (Å²) < 4.78 is 14.4. The van der Waals surface area contributed by atoms with Crippen LogP contribution in [0.4, 0.5) is 9.52 Å². The summed E-state index contributed by atoms with van der Waals surface area (Å²) in [4.78, 5) is 31.7. The minimum absolute atomic E-state index is 0.113. The van der Waals surface area contributed by atoms with Gasteiger partial charge in [-0.3, -0.25) is 19.5 Å². The maximum atomic E-state index is 13.8. The quantitative estimate of drug-likeness (QED) is 0.0885. The van der Waals surface area contributed by atoms with Crippen LogP contribution in [0, 0.1) is 5.82 Å². The number of nitrogens with zero attached hydrogens (tertiary/aromatic N) is 4. The Morgan fingerprint density at radius 1 is 0.949 bits per heavy atom. The fourth-order valence-corrected chi connectivity index (χ4v) is 6.44. The van der Waals surface area contributed by atoms with Crippen LogP contribution in [0.25, 0.3) is 16.5 Å². The molecule has 2 aromatic heterocycles. The van der Waals surface area contributed by atoms with Gasteiger partial charge in [0.15, 0.2) is 4.34 Å². The highest BCUT2D eigenvalue weighted by atomic mass is 32.2. The molecule has 1 unspecified atom stereocenters. The number of hydrogen-bond acceptors (Lipinski definition) is 8. The molecule has 1 aliphatic heterocycles. The molecule has 1 aliphatic rings. The molecule has 0 aliphatic carbocycles. The van der Waals surface area contributed by atoms with Gasteiger partial charge in [0.2, 0.25) is 5.13 Å². The molecular weight excluding hydrogens is 535 g/mol. The van der Waals surface area contributed by atoms with Crippen LogP contribution in [-0.4, -0.2) is 32.0 Å². The van der Waals surface area contributed by atoms with E-state index in [-0.39, 0.29) is 16.5 Å². The molecular formula is C29H19FN4O3S2. The number of carbonyl (C=O) groups excluding carboxylic acids is 2. The molecule has 0 spiro atoms. The van der Waals surface area contributed by atoms with Crippen molar-refractivity contribution in [3.63, 3.8) is 0 Å². The number of hydrogen-bond donors (Lipinski definition) is 1. The lowest BCUT2D eigenvalue weighted by atomic mass is 9.95. The summed E-state index contributed by atoms with van der Waals surface area (Å²) in [5, 5.41) is 22.1. The first kappa shape index (κ1) is 24.9. The van der Waals surface area contributed by atoms with Gasteiger partial charge in [-0.2, -0.15) is 0 Å². The molecule has 1 N–H and O–H groups in total. The van der Waals surface area contributed by atoms with Crippen LogP contribution in [0.1, 0.15) is 22.7 Å². The second-order valence-electron chi connectivity index (χ2n) is 8.73. The Morgan fingerprint density at radius 2 is 1.69 bits per heavy atom. The van der Waals surface area contributed by atoms with Crippen molar-refractivity contribution in [1.82, 2.24) is 15.2 Å². The maximum absolute atomic E-state index is 13.8. The Bertz CT molecular complexity index is 1730. The Hall–Kier alpha value is -4.41. The smallest absolute Gasteiger partial charge is 0.301 e. The van der Waals surface area contributed by atoms with E-state index in [1.807, 2.05) is 18.2 Å². The molecule has 1 amide bonds. The summed E-state index contributed by atoms with van der Waals surface area (Å²) in [5.41, 5.74) is 1.81. The Balaban J connectivity index is 1.36. The fourth-order valence-electron chi connectivity index (χ4n) is 4.57. The zero-order chi connectivity index (χ0) is 26.9. The van der Waals surface area contributed by atoms with E-state index in [4.69, 9.17) is 0 Å². The van der Waals surface area contributed by atoms with E-state index in [0.29, 0.717) is 21.2 Å². The van der Waals surface area contributed by atoms with E-state index in [1.165, 1.54) is 76.8 Å². The number of amides is 1. The molecule has 1 atom stereocenters. The highest BCUT2D eigenvalue weighted by Gasteiger charge is 2.48. The zero-order valence-corrected chi connectivity index (χ0v) is 21.8. The van der Waals surface area contributed by atoms with Gasteiger partial charge in [-0.25, -0.2) is 4.39 Å². The molecule has 0 radical (unpaired) electrons. The van der Waals surface area contributed by atoms with Gasteiger partial charge in [0.25, 0.3) is 5.78 Å².